The van der Waals surface area contributed by atoms with Crippen LogP contribution in [0.5, 0.6) is 5.75 Å². The summed E-state index contributed by atoms with van der Waals surface area (Å²) in [6.07, 6.45) is 2.59. The molecule has 1 unspecified atom stereocenters. The van der Waals surface area contributed by atoms with Crippen LogP contribution in [0, 0.1) is 0 Å². The zero-order valence-corrected chi connectivity index (χ0v) is 10.8. The number of aromatic hydroxyl groups is 1. The molecule has 1 aromatic heterocycles. The molecule has 1 aromatic carbocycles. The summed E-state index contributed by atoms with van der Waals surface area (Å²) in [6, 6.07) is 7.49. The van der Waals surface area contributed by atoms with Crippen molar-refractivity contribution < 1.29 is 5.11 Å². The third kappa shape index (κ3) is 1.86. The lowest BCUT2D eigenvalue weighted by Gasteiger charge is -2.15. The van der Waals surface area contributed by atoms with Gasteiger partial charge in [0.2, 0.25) is 0 Å². The third-order valence-electron chi connectivity index (χ3n) is 3.07. The maximum Gasteiger partial charge on any atom is 0.124 e. The van der Waals surface area contributed by atoms with E-state index in [-0.39, 0.29) is 11.8 Å². The molecule has 0 amide bonds. The molecule has 92 valence electrons. The highest BCUT2D eigenvalue weighted by atomic mass is 32.1. The van der Waals surface area contributed by atoms with Gasteiger partial charge in [-0.2, -0.15) is 5.10 Å². The summed E-state index contributed by atoms with van der Waals surface area (Å²) < 4.78 is 0. The van der Waals surface area contributed by atoms with Gasteiger partial charge in [-0.15, -0.1) is 11.3 Å². The first-order valence-electron chi connectivity index (χ1n) is 5.74. The predicted octanol–water partition coefficient (Wildman–Crippen LogP) is 2.63. The van der Waals surface area contributed by atoms with Crippen molar-refractivity contribution in [2.24, 2.45) is 5.10 Å². The normalized spacial score (nSPS) is 19.1. The number of phenols is 1. The topological polar surface area (TPSA) is 48.7 Å². The number of hydrogen-bond donors (Lipinski definition) is 1. The number of para-hydroxylation sites is 1. The maximum absolute atomic E-state index is 9.86. The molecule has 1 N–H and O–H groups in total. The van der Waals surface area contributed by atoms with Gasteiger partial charge in [-0.3, -0.25) is 5.01 Å². The Morgan fingerprint density at radius 1 is 1.39 bits per heavy atom. The predicted molar refractivity (Wildman–Crippen MR) is 71.9 cm³/mol. The Morgan fingerprint density at radius 2 is 2.22 bits per heavy atom. The Bertz CT molecular complexity index is 580. The van der Waals surface area contributed by atoms with E-state index in [4.69, 9.17) is 0 Å². The van der Waals surface area contributed by atoms with Crippen LogP contribution in [-0.2, 0) is 0 Å². The van der Waals surface area contributed by atoms with Crippen LogP contribution >= 0.6 is 11.3 Å². The van der Waals surface area contributed by atoms with Crippen molar-refractivity contribution in [2.45, 2.75) is 12.5 Å². The van der Waals surface area contributed by atoms with Crippen LogP contribution < -0.4 is 0 Å². The highest BCUT2D eigenvalue weighted by molar-refractivity contribution is 7.09. The molecule has 0 spiro atoms. The van der Waals surface area contributed by atoms with Crippen molar-refractivity contribution in [1.82, 2.24) is 9.99 Å². The van der Waals surface area contributed by atoms with Gasteiger partial charge in [-0.05, 0) is 12.1 Å². The van der Waals surface area contributed by atoms with E-state index in [0.29, 0.717) is 0 Å². The van der Waals surface area contributed by atoms with E-state index in [9.17, 15) is 5.11 Å². The van der Waals surface area contributed by atoms with E-state index < -0.39 is 0 Å². The average Bonchev–Trinajstić information content (AvgIpc) is 2.98. The van der Waals surface area contributed by atoms with Crippen LogP contribution in [0.15, 0.2) is 40.9 Å². The van der Waals surface area contributed by atoms with E-state index in [2.05, 4.69) is 10.1 Å². The Hall–Kier alpha value is -1.88. The monoisotopic (exact) mass is 259 g/mol. The molecule has 0 radical (unpaired) electrons. The largest absolute Gasteiger partial charge is 0.507 e. The summed E-state index contributed by atoms with van der Waals surface area (Å²) in [5.74, 6) is 0.282. The summed E-state index contributed by atoms with van der Waals surface area (Å²) >= 11 is 1.64. The molecule has 1 aliphatic heterocycles. The Kier molecular flexibility index (Phi) is 2.76. The van der Waals surface area contributed by atoms with Gasteiger partial charge in [0.05, 0.1) is 5.71 Å². The fraction of sp³-hybridized carbons (Fsp3) is 0.231. The fourth-order valence-corrected chi connectivity index (χ4v) is 2.92. The molecule has 18 heavy (non-hydrogen) atoms. The minimum Gasteiger partial charge on any atom is -0.507 e. The number of hydrogen-bond acceptors (Lipinski definition) is 5. The Labute approximate surface area is 109 Å². The summed E-state index contributed by atoms with van der Waals surface area (Å²) in [7, 11) is 1.94. The Balaban J connectivity index is 1.89. The van der Waals surface area contributed by atoms with Gasteiger partial charge in [-0.25, -0.2) is 4.98 Å². The van der Waals surface area contributed by atoms with E-state index in [0.717, 1.165) is 22.7 Å². The van der Waals surface area contributed by atoms with Crippen molar-refractivity contribution >= 4 is 17.0 Å². The Morgan fingerprint density at radius 3 is 2.94 bits per heavy atom. The molecule has 3 rings (SSSR count). The number of nitrogens with zero attached hydrogens (tertiary/aromatic N) is 3. The van der Waals surface area contributed by atoms with Crippen LogP contribution in [0.1, 0.15) is 23.0 Å². The molecule has 5 heteroatoms. The molecule has 0 fully saturated rings. The molecule has 2 heterocycles. The first-order chi connectivity index (χ1) is 8.75. The van der Waals surface area contributed by atoms with E-state index in [1.54, 1.807) is 17.4 Å². The van der Waals surface area contributed by atoms with Gasteiger partial charge >= 0.3 is 0 Å². The second kappa shape index (κ2) is 4.42. The molecule has 0 aliphatic carbocycles. The van der Waals surface area contributed by atoms with Crippen molar-refractivity contribution in [3.63, 3.8) is 0 Å². The second-order valence-electron chi connectivity index (χ2n) is 4.23. The van der Waals surface area contributed by atoms with Crippen molar-refractivity contribution in [2.75, 3.05) is 7.05 Å². The van der Waals surface area contributed by atoms with Crippen LogP contribution in [-0.4, -0.2) is 27.9 Å². The zero-order valence-electron chi connectivity index (χ0n) is 9.95. The highest BCUT2D eigenvalue weighted by Crippen LogP contribution is 2.33. The molecular formula is C13H13N3OS. The number of hydrazone groups is 1. The lowest BCUT2D eigenvalue weighted by molar-refractivity contribution is 0.289. The molecular weight excluding hydrogens is 246 g/mol. The highest BCUT2D eigenvalue weighted by Gasteiger charge is 2.28. The molecule has 2 aromatic rings. The van der Waals surface area contributed by atoms with Crippen LogP contribution in [0.2, 0.25) is 0 Å². The molecule has 0 saturated carbocycles. The molecule has 0 saturated heterocycles. The lowest BCUT2D eigenvalue weighted by Crippen LogP contribution is -2.13. The lowest BCUT2D eigenvalue weighted by atomic mass is 10.0. The number of thiazole rings is 1. The third-order valence-corrected chi connectivity index (χ3v) is 3.94. The number of rotatable bonds is 2. The van der Waals surface area contributed by atoms with Gasteiger partial charge in [0.1, 0.15) is 16.8 Å². The molecule has 0 bridgehead atoms. The summed E-state index contributed by atoms with van der Waals surface area (Å²) in [5.41, 5.74) is 1.72. The average molecular weight is 259 g/mol. The quantitative estimate of drug-likeness (QED) is 0.902. The van der Waals surface area contributed by atoms with E-state index in [1.807, 2.05) is 41.8 Å². The smallest absolute Gasteiger partial charge is 0.124 e. The van der Waals surface area contributed by atoms with E-state index in [1.165, 1.54) is 0 Å². The van der Waals surface area contributed by atoms with Crippen molar-refractivity contribution in [1.29, 1.82) is 0 Å². The fourth-order valence-electron chi connectivity index (χ4n) is 2.14. The summed E-state index contributed by atoms with van der Waals surface area (Å²) in [6.45, 7) is 0. The SMILES string of the molecule is CN1N=C(c2ccccc2O)CC1c1nccs1. The minimum absolute atomic E-state index is 0.180. The minimum atomic E-state index is 0.180. The maximum atomic E-state index is 9.86. The van der Waals surface area contributed by atoms with Crippen molar-refractivity contribution in [3.8, 4) is 5.75 Å². The van der Waals surface area contributed by atoms with Crippen LogP contribution in [0.3, 0.4) is 0 Å². The van der Waals surface area contributed by atoms with E-state index >= 15 is 0 Å². The zero-order chi connectivity index (χ0) is 12.5. The van der Waals surface area contributed by atoms with Gasteiger partial charge in [0.15, 0.2) is 0 Å². The van der Waals surface area contributed by atoms with Crippen LogP contribution in [0.25, 0.3) is 0 Å². The summed E-state index contributed by atoms with van der Waals surface area (Å²) in [5, 5.41) is 19.3. The van der Waals surface area contributed by atoms with Gasteiger partial charge in [0.25, 0.3) is 0 Å². The van der Waals surface area contributed by atoms with Gasteiger partial charge < -0.3 is 5.11 Å². The van der Waals surface area contributed by atoms with Gasteiger partial charge in [0, 0.05) is 30.6 Å². The van der Waals surface area contributed by atoms with Crippen LogP contribution in [0.4, 0.5) is 0 Å². The standard InChI is InChI=1S/C13H13N3OS/c1-16-11(13-14-6-7-18-13)8-10(15-16)9-4-2-3-5-12(9)17/h2-7,11,17H,8H2,1H3. The van der Waals surface area contributed by atoms with Crippen molar-refractivity contribution in [3.05, 3.63) is 46.4 Å². The first kappa shape index (κ1) is 11.2. The molecule has 1 aliphatic rings. The molecule has 4 nitrogen and oxygen atoms in total. The second-order valence-corrected chi connectivity index (χ2v) is 5.15. The molecule has 1 atom stereocenters. The summed E-state index contributed by atoms with van der Waals surface area (Å²) in [4.78, 5) is 4.34. The number of benzene rings is 1. The first-order valence-corrected chi connectivity index (χ1v) is 6.62. The van der Waals surface area contributed by atoms with Gasteiger partial charge in [-0.1, -0.05) is 12.1 Å². The number of aromatic nitrogens is 1. The number of phenolic OH excluding ortho intramolecular Hbond substituents is 1.